The predicted molar refractivity (Wildman–Crippen MR) is 133 cm³/mol. The Balaban J connectivity index is 1.74. The van der Waals surface area contributed by atoms with E-state index in [4.69, 9.17) is 23.2 Å². The van der Waals surface area contributed by atoms with Crippen LogP contribution in [0.15, 0.2) is 57.8 Å². The van der Waals surface area contributed by atoms with Gasteiger partial charge in [0, 0.05) is 15.3 Å². The molecular weight excluding hydrogens is 560 g/mol. The number of nitrogens with zero attached hydrogens (tertiary/aromatic N) is 1. The van der Waals surface area contributed by atoms with E-state index < -0.39 is 29.4 Å². The van der Waals surface area contributed by atoms with Gasteiger partial charge in [-0.1, -0.05) is 47.1 Å². The Labute approximate surface area is 220 Å². The summed E-state index contributed by atoms with van der Waals surface area (Å²) in [6.07, 6.45) is -4.70. The summed E-state index contributed by atoms with van der Waals surface area (Å²) < 4.78 is 45.9. The smallest absolute Gasteiger partial charge is 0.417 e. The first-order valence-electron chi connectivity index (χ1n) is 9.83. The third-order valence-corrected chi connectivity index (χ3v) is 7.34. The van der Waals surface area contributed by atoms with Crippen molar-refractivity contribution in [2.45, 2.75) is 16.1 Å². The summed E-state index contributed by atoms with van der Waals surface area (Å²) in [5.41, 5.74) is -1.12. The number of ether oxygens (including phenoxy) is 1. The quantitative estimate of drug-likeness (QED) is 0.240. The van der Waals surface area contributed by atoms with Gasteiger partial charge < -0.3 is 15.2 Å². The van der Waals surface area contributed by atoms with E-state index in [0.717, 1.165) is 36.3 Å². The number of amides is 1. The molecule has 0 bridgehead atoms. The number of phenols is 1. The molecule has 1 amide bonds. The largest absolute Gasteiger partial charge is 0.506 e. The minimum atomic E-state index is -4.70. The Kier molecular flexibility index (Phi) is 7.37. The van der Waals surface area contributed by atoms with Crippen LogP contribution in [0.2, 0.25) is 10.0 Å². The molecule has 0 unspecified atom stereocenters. The van der Waals surface area contributed by atoms with Crippen molar-refractivity contribution in [1.29, 1.82) is 0 Å². The van der Waals surface area contributed by atoms with Crippen molar-refractivity contribution in [3.05, 3.63) is 74.6 Å². The first kappa shape index (κ1) is 26.1. The third kappa shape index (κ3) is 5.24. The van der Waals surface area contributed by atoms with Crippen LogP contribution in [0.3, 0.4) is 0 Å². The Morgan fingerprint density at radius 2 is 1.86 bits per heavy atom. The average Bonchev–Trinajstić information content (AvgIpc) is 3.24. The lowest BCUT2D eigenvalue weighted by Crippen LogP contribution is -2.13. The van der Waals surface area contributed by atoms with Gasteiger partial charge in [-0.3, -0.25) is 4.79 Å². The zero-order valence-corrected chi connectivity index (χ0v) is 21.1. The van der Waals surface area contributed by atoms with Gasteiger partial charge in [0.1, 0.15) is 10.8 Å². The molecule has 0 atom stereocenters. The minimum Gasteiger partial charge on any atom is -0.506 e. The third-order valence-electron chi connectivity index (χ3n) is 4.83. The number of methoxy groups -OCH3 is 1. The molecule has 0 radical (unpaired) electrons. The summed E-state index contributed by atoms with van der Waals surface area (Å²) in [5.74, 6) is -2.02. The van der Waals surface area contributed by atoms with Gasteiger partial charge in [0.15, 0.2) is 0 Å². The van der Waals surface area contributed by atoms with Gasteiger partial charge in [-0.2, -0.15) is 13.2 Å². The summed E-state index contributed by atoms with van der Waals surface area (Å²) >= 11 is 13.4. The molecule has 0 aliphatic carbocycles. The van der Waals surface area contributed by atoms with Gasteiger partial charge in [-0.15, -0.1) is 11.3 Å². The van der Waals surface area contributed by atoms with E-state index >= 15 is 0 Å². The fourth-order valence-corrected chi connectivity index (χ4v) is 5.62. The molecule has 2 heterocycles. The first-order chi connectivity index (χ1) is 17.0. The molecule has 2 aromatic heterocycles. The lowest BCUT2D eigenvalue weighted by molar-refractivity contribution is -0.136. The fraction of sp³-hybridized carbons (Fsp3) is 0.0870. The van der Waals surface area contributed by atoms with E-state index in [0.29, 0.717) is 4.90 Å². The number of halogens is 5. The molecule has 2 aromatic carbocycles. The lowest BCUT2D eigenvalue weighted by atomic mass is 10.2. The molecule has 13 heteroatoms. The molecule has 0 saturated carbocycles. The Morgan fingerprint density at radius 1 is 1.14 bits per heavy atom. The van der Waals surface area contributed by atoms with Gasteiger partial charge in [0.25, 0.3) is 5.91 Å². The van der Waals surface area contributed by atoms with Crippen molar-refractivity contribution >= 4 is 74.1 Å². The number of carbonyl (C=O) groups is 2. The molecular formula is C23H13Cl2F3N2O4S2. The van der Waals surface area contributed by atoms with Crippen molar-refractivity contribution in [2.24, 2.45) is 0 Å². The van der Waals surface area contributed by atoms with Crippen LogP contribution in [0.4, 0.5) is 18.9 Å². The van der Waals surface area contributed by atoms with Crippen LogP contribution >= 0.6 is 46.3 Å². The summed E-state index contributed by atoms with van der Waals surface area (Å²) in [4.78, 5) is 29.5. The maximum Gasteiger partial charge on any atom is 0.417 e. The number of aromatic hydroxyl groups is 1. The van der Waals surface area contributed by atoms with E-state index in [1.165, 1.54) is 23.6 Å². The van der Waals surface area contributed by atoms with Crippen LogP contribution in [-0.4, -0.2) is 29.1 Å². The molecule has 36 heavy (non-hydrogen) atoms. The van der Waals surface area contributed by atoms with Crippen molar-refractivity contribution in [3.8, 4) is 5.75 Å². The highest BCUT2D eigenvalue weighted by Crippen LogP contribution is 2.42. The molecule has 186 valence electrons. The summed E-state index contributed by atoms with van der Waals surface area (Å²) in [6, 6.07) is 9.70. The number of anilines is 1. The van der Waals surface area contributed by atoms with Crippen LogP contribution in [0.5, 0.6) is 5.75 Å². The van der Waals surface area contributed by atoms with Crippen LogP contribution in [0.1, 0.15) is 26.3 Å². The highest BCUT2D eigenvalue weighted by Gasteiger charge is 2.35. The summed E-state index contributed by atoms with van der Waals surface area (Å²) in [7, 11) is 1.12. The van der Waals surface area contributed by atoms with Crippen molar-refractivity contribution in [2.75, 3.05) is 12.4 Å². The second-order valence-corrected chi connectivity index (χ2v) is 9.95. The zero-order chi connectivity index (χ0) is 26.2. The number of hydrogen-bond donors (Lipinski definition) is 2. The van der Waals surface area contributed by atoms with Crippen LogP contribution < -0.4 is 5.32 Å². The second kappa shape index (κ2) is 10.2. The first-order valence-corrected chi connectivity index (χ1v) is 12.3. The fourth-order valence-electron chi connectivity index (χ4n) is 3.20. The average molecular weight is 573 g/mol. The highest BCUT2D eigenvalue weighted by molar-refractivity contribution is 7.99. The summed E-state index contributed by atoms with van der Waals surface area (Å²) in [5, 5.41) is 14.0. The van der Waals surface area contributed by atoms with Crippen LogP contribution in [0, 0.1) is 0 Å². The molecule has 6 nitrogen and oxygen atoms in total. The number of phenolic OH excluding ortho intramolecular Hbond substituents is 1. The number of alkyl halides is 3. The normalized spacial score (nSPS) is 11.5. The number of fused-ring (bicyclic) bond motifs is 1. The SMILES string of the molecule is COC(=O)c1csc2c(C(F)(F)F)cc(Sc3ccccc3NC(=O)c3cc(Cl)cc(Cl)c3O)nc12. The van der Waals surface area contributed by atoms with Crippen molar-refractivity contribution in [1.82, 2.24) is 4.98 Å². The predicted octanol–water partition coefficient (Wildman–Crippen LogP) is 7.52. The minimum absolute atomic E-state index is 0.0614. The molecule has 4 aromatic rings. The number of thiophene rings is 1. The van der Waals surface area contributed by atoms with Crippen LogP contribution in [0.25, 0.3) is 10.2 Å². The van der Waals surface area contributed by atoms with Gasteiger partial charge in [0.2, 0.25) is 0 Å². The summed E-state index contributed by atoms with van der Waals surface area (Å²) in [6.45, 7) is 0. The Bertz CT molecular complexity index is 1510. The topological polar surface area (TPSA) is 88.5 Å². The Hall–Kier alpha value is -2.99. The number of para-hydroxylation sites is 1. The molecule has 2 N–H and O–H groups in total. The number of carbonyl (C=O) groups excluding carboxylic acids is 2. The molecule has 0 fully saturated rings. The van der Waals surface area contributed by atoms with Crippen molar-refractivity contribution in [3.63, 3.8) is 0 Å². The number of esters is 1. The highest BCUT2D eigenvalue weighted by atomic mass is 35.5. The van der Waals surface area contributed by atoms with Gasteiger partial charge in [-0.25, -0.2) is 9.78 Å². The van der Waals surface area contributed by atoms with E-state index in [2.05, 4.69) is 15.0 Å². The number of hydrogen-bond acceptors (Lipinski definition) is 7. The van der Waals surface area contributed by atoms with E-state index in [-0.39, 0.29) is 42.1 Å². The van der Waals surface area contributed by atoms with Gasteiger partial charge in [0.05, 0.1) is 44.7 Å². The van der Waals surface area contributed by atoms with E-state index in [9.17, 15) is 27.9 Å². The number of benzene rings is 2. The number of rotatable bonds is 5. The van der Waals surface area contributed by atoms with Gasteiger partial charge >= 0.3 is 12.1 Å². The van der Waals surface area contributed by atoms with E-state index in [1.807, 2.05) is 0 Å². The maximum atomic E-state index is 13.8. The molecule has 0 aliphatic rings. The van der Waals surface area contributed by atoms with Crippen LogP contribution in [-0.2, 0) is 10.9 Å². The number of pyridine rings is 1. The maximum absolute atomic E-state index is 13.8. The van der Waals surface area contributed by atoms with E-state index in [1.54, 1.807) is 18.2 Å². The standard InChI is InChI=1S/C23H13Cl2F3N2O4S2/c1-34-22(33)12-9-35-20-13(23(26,27)28)8-17(30-18(12)20)36-16-5-3-2-4-15(16)29-21(32)11-6-10(24)7-14(25)19(11)31/h2-9,31H,1H3,(H,29,32). The second-order valence-electron chi connectivity index (χ2n) is 7.16. The number of nitrogens with one attached hydrogen (secondary N) is 1. The monoisotopic (exact) mass is 572 g/mol. The molecule has 0 saturated heterocycles. The Morgan fingerprint density at radius 3 is 2.56 bits per heavy atom. The molecule has 0 aliphatic heterocycles. The molecule has 4 rings (SSSR count). The number of aromatic nitrogens is 1. The van der Waals surface area contributed by atoms with Crippen molar-refractivity contribution < 1.29 is 32.6 Å². The van der Waals surface area contributed by atoms with Gasteiger partial charge in [-0.05, 0) is 30.3 Å². The zero-order valence-electron chi connectivity index (χ0n) is 17.9. The lowest BCUT2D eigenvalue weighted by Gasteiger charge is -2.13. The molecule has 0 spiro atoms.